The Morgan fingerprint density at radius 2 is 1.65 bits per heavy atom. The summed E-state index contributed by atoms with van der Waals surface area (Å²) >= 11 is 0. The fraction of sp³-hybridized carbons (Fsp3) is 0.200. The van der Waals surface area contributed by atoms with Crippen molar-refractivity contribution in [2.75, 3.05) is 23.9 Å². The number of nitrogens with one attached hydrogen (secondary N) is 1. The molecule has 2 N–H and O–H groups in total. The minimum absolute atomic E-state index is 0.00793. The number of carbonyl (C=O) groups excluding carboxylic acids is 2. The van der Waals surface area contributed by atoms with Gasteiger partial charge in [0.1, 0.15) is 11.5 Å². The molecule has 0 bridgehead atoms. The zero-order chi connectivity index (χ0) is 26.3. The van der Waals surface area contributed by atoms with Gasteiger partial charge in [-0.15, -0.1) is 0 Å². The van der Waals surface area contributed by atoms with Crippen LogP contribution in [0.3, 0.4) is 0 Å². The summed E-state index contributed by atoms with van der Waals surface area (Å²) in [5, 5.41) is 12.3. The minimum Gasteiger partial charge on any atom is -0.507 e. The predicted molar refractivity (Wildman–Crippen MR) is 146 cm³/mol. The molecule has 3 aromatic carbocycles. The van der Waals surface area contributed by atoms with Crippen LogP contribution in [0.25, 0.3) is 16.7 Å². The molecule has 0 spiro atoms. The van der Waals surface area contributed by atoms with Crippen LogP contribution in [0.1, 0.15) is 31.0 Å². The molecule has 1 atom stereocenters. The van der Waals surface area contributed by atoms with Gasteiger partial charge in [0.15, 0.2) is 0 Å². The van der Waals surface area contributed by atoms with Crippen molar-refractivity contribution < 1.29 is 19.4 Å². The second-order valence-corrected chi connectivity index (χ2v) is 9.56. The van der Waals surface area contributed by atoms with E-state index in [1.165, 1.54) is 4.90 Å². The van der Waals surface area contributed by atoms with Crippen molar-refractivity contribution in [2.24, 2.45) is 0 Å². The van der Waals surface area contributed by atoms with Crippen LogP contribution in [0.4, 0.5) is 11.4 Å². The number of aromatic amines is 1. The van der Waals surface area contributed by atoms with E-state index in [4.69, 9.17) is 4.74 Å². The highest BCUT2D eigenvalue weighted by molar-refractivity contribution is 6.51. The van der Waals surface area contributed by atoms with Gasteiger partial charge in [-0.2, -0.15) is 0 Å². The fourth-order valence-corrected chi connectivity index (χ4v) is 4.74. The molecule has 0 saturated carbocycles. The van der Waals surface area contributed by atoms with E-state index in [9.17, 15) is 14.7 Å². The first-order valence-electron chi connectivity index (χ1n) is 12.2. The Balaban J connectivity index is 1.68. The van der Waals surface area contributed by atoms with Crippen LogP contribution in [0, 0.1) is 0 Å². The fourth-order valence-electron chi connectivity index (χ4n) is 4.74. The van der Waals surface area contributed by atoms with Crippen molar-refractivity contribution in [3.05, 3.63) is 95.7 Å². The third kappa shape index (κ3) is 4.33. The number of aliphatic hydroxyl groups is 1. The summed E-state index contributed by atoms with van der Waals surface area (Å²) < 4.78 is 5.78. The highest BCUT2D eigenvalue weighted by Gasteiger charge is 2.47. The number of Topliss-reactive ketones (excluding diaryl/α,β-unsaturated/α-hetero) is 1. The smallest absolute Gasteiger partial charge is 0.300 e. The molecule has 7 nitrogen and oxygen atoms in total. The molecule has 1 unspecified atom stereocenters. The number of nitrogens with zero attached hydrogens (tertiary/aromatic N) is 2. The quantitative estimate of drug-likeness (QED) is 0.205. The van der Waals surface area contributed by atoms with E-state index in [1.807, 2.05) is 106 Å². The lowest BCUT2D eigenvalue weighted by Gasteiger charge is -2.26. The van der Waals surface area contributed by atoms with Gasteiger partial charge in [-0.05, 0) is 61.9 Å². The Labute approximate surface area is 215 Å². The standard InChI is InChI=1S/C30H29N3O4/c1-18(2)37-22-15-9-19(10-16-22)27-26(28(34)24-17-31-25-8-6-5-7-23(24)25)29(35)30(36)33(27)21-13-11-20(12-14-21)32(3)4/h5-18,27,31,34H,1-4H3/b28-26-. The third-order valence-electron chi connectivity index (χ3n) is 6.50. The first kappa shape index (κ1) is 24.2. The molecule has 2 heterocycles. The lowest BCUT2D eigenvalue weighted by atomic mass is 9.95. The first-order valence-corrected chi connectivity index (χ1v) is 12.2. The van der Waals surface area contributed by atoms with Gasteiger partial charge < -0.3 is 19.7 Å². The highest BCUT2D eigenvalue weighted by Crippen LogP contribution is 2.43. The van der Waals surface area contributed by atoms with Crippen LogP contribution in [-0.2, 0) is 9.59 Å². The number of aliphatic hydroxyl groups excluding tert-OH is 1. The van der Waals surface area contributed by atoms with Crippen molar-refractivity contribution >= 4 is 39.7 Å². The van der Waals surface area contributed by atoms with Crippen molar-refractivity contribution in [3.8, 4) is 5.75 Å². The van der Waals surface area contributed by atoms with Crippen molar-refractivity contribution in [1.82, 2.24) is 4.98 Å². The molecular formula is C30H29N3O4. The topological polar surface area (TPSA) is 85.9 Å². The number of carbonyl (C=O) groups is 2. The minimum atomic E-state index is -0.813. The van der Waals surface area contributed by atoms with Crippen LogP contribution in [-0.4, -0.2) is 42.0 Å². The number of H-pyrrole nitrogens is 1. The van der Waals surface area contributed by atoms with Gasteiger partial charge in [-0.1, -0.05) is 30.3 Å². The number of benzene rings is 3. The number of fused-ring (bicyclic) bond motifs is 1. The zero-order valence-electron chi connectivity index (χ0n) is 21.2. The Kier molecular flexibility index (Phi) is 6.21. The number of amides is 1. The molecule has 1 aromatic heterocycles. The normalized spacial score (nSPS) is 17.1. The van der Waals surface area contributed by atoms with Gasteiger partial charge in [0.05, 0.1) is 17.7 Å². The lowest BCUT2D eigenvalue weighted by molar-refractivity contribution is -0.132. The van der Waals surface area contributed by atoms with Crippen molar-refractivity contribution in [3.63, 3.8) is 0 Å². The van der Waals surface area contributed by atoms with Gasteiger partial charge in [-0.25, -0.2) is 0 Å². The second-order valence-electron chi connectivity index (χ2n) is 9.56. The molecule has 7 heteroatoms. The zero-order valence-corrected chi connectivity index (χ0v) is 21.2. The predicted octanol–water partition coefficient (Wildman–Crippen LogP) is 5.65. The third-order valence-corrected chi connectivity index (χ3v) is 6.50. The average Bonchev–Trinajstić information content (AvgIpc) is 3.43. The molecule has 0 aliphatic carbocycles. The highest BCUT2D eigenvalue weighted by atomic mass is 16.5. The van der Waals surface area contributed by atoms with E-state index in [-0.39, 0.29) is 17.4 Å². The number of hydrogen-bond donors (Lipinski definition) is 2. The summed E-state index contributed by atoms with van der Waals surface area (Å²) in [5.74, 6) is -0.947. The Hall–Kier alpha value is -4.52. The van der Waals surface area contributed by atoms with E-state index in [0.29, 0.717) is 22.6 Å². The van der Waals surface area contributed by atoms with E-state index in [1.54, 1.807) is 6.20 Å². The van der Waals surface area contributed by atoms with Gasteiger partial charge in [-0.3, -0.25) is 14.5 Å². The number of anilines is 2. The molecule has 188 valence electrons. The molecule has 1 fully saturated rings. The maximum atomic E-state index is 13.5. The Morgan fingerprint density at radius 1 is 0.973 bits per heavy atom. The van der Waals surface area contributed by atoms with Crippen LogP contribution in [0.15, 0.2) is 84.6 Å². The molecule has 5 rings (SSSR count). The summed E-state index contributed by atoms with van der Waals surface area (Å²) in [6.07, 6.45) is 1.67. The molecule has 37 heavy (non-hydrogen) atoms. The molecular weight excluding hydrogens is 466 g/mol. The van der Waals surface area contributed by atoms with Gasteiger partial charge in [0.25, 0.3) is 11.7 Å². The molecule has 1 aliphatic heterocycles. The van der Waals surface area contributed by atoms with Gasteiger partial charge in [0.2, 0.25) is 0 Å². The van der Waals surface area contributed by atoms with Crippen LogP contribution < -0.4 is 14.5 Å². The van der Waals surface area contributed by atoms with Crippen molar-refractivity contribution in [1.29, 1.82) is 0 Å². The first-order chi connectivity index (χ1) is 17.8. The van der Waals surface area contributed by atoms with E-state index >= 15 is 0 Å². The molecule has 1 amide bonds. The molecule has 1 aliphatic rings. The lowest BCUT2D eigenvalue weighted by Crippen LogP contribution is -2.29. The maximum Gasteiger partial charge on any atom is 0.300 e. The van der Waals surface area contributed by atoms with Crippen LogP contribution >= 0.6 is 0 Å². The number of ether oxygens (including phenoxy) is 1. The Bertz CT molecular complexity index is 1500. The maximum absolute atomic E-state index is 13.5. The molecule has 0 radical (unpaired) electrons. The van der Waals surface area contributed by atoms with E-state index < -0.39 is 17.7 Å². The van der Waals surface area contributed by atoms with Crippen molar-refractivity contribution in [2.45, 2.75) is 26.0 Å². The average molecular weight is 496 g/mol. The van der Waals surface area contributed by atoms with Gasteiger partial charge >= 0.3 is 0 Å². The molecule has 4 aromatic rings. The molecule has 1 saturated heterocycles. The summed E-state index contributed by atoms with van der Waals surface area (Å²) in [7, 11) is 3.87. The monoisotopic (exact) mass is 495 g/mol. The summed E-state index contributed by atoms with van der Waals surface area (Å²) in [4.78, 5) is 33.5. The number of para-hydroxylation sites is 1. The van der Waals surface area contributed by atoms with E-state index in [2.05, 4.69) is 4.98 Å². The number of aromatic nitrogens is 1. The van der Waals surface area contributed by atoms with Crippen LogP contribution in [0.2, 0.25) is 0 Å². The summed E-state index contributed by atoms with van der Waals surface area (Å²) in [6.45, 7) is 3.89. The number of hydrogen-bond acceptors (Lipinski definition) is 5. The van der Waals surface area contributed by atoms with Gasteiger partial charge in [0, 0.05) is 48.1 Å². The largest absolute Gasteiger partial charge is 0.507 e. The summed E-state index contributed by atoms with van der Waals surface area (Å²) in [6, 6.07) is 21.4. The number of ketones is 1. The Morgan fingerprint density at radius 3 is 2.30 bits per heavy atom. The number of rotatable bonds is 6. The van der Waals surface area contributed by atoms with Crippen LogP contribution in [0.5, 0.6) is 5.75 Å². The van der Waals surface area contributed by atoms with E-state index in [0.717, 1.165) is 16.6 Å². The second kappa shape index (κ2) is 9.50. The SMILES string of the molecule is CC(C)Oc1ccc(C2/C(=C(/O)c3c[nH]c4ccccc34)C(=O)C(=O)N2c2ccc(N(C)C)cc2)cc1. The summed E-state index contributed by atoms with van der Waals surface area (Å²) in [5.41, 5.74) is 3.56.